The molecular formula is C20H26N4O. The molecule has 1 amide bonds. The molecule has 4 rings (SSSR count). The van der Waals surface area contributed by atoms with E-state index in [0.29, 0.717) is 11.6 Å². The highest BCUT2D eigenvalue weighted by Crippen LogP contribution is 2.30. The first-order valence-electron chi connectivity index (χ1n) is 9.23. The van der Waals surface area contributed by atoms with Crippen LogP contribution in [0.2, 0.25) is 0 Å². The minimum absolute atomic E-state index is 0.115. The number of hydrogen-bond donors (Lipinski definition) is 0. The van der Waals surface area contributed by atoms with Crippen LogP contribution in [-0.4, -0.2) is 67.0 Å². The molecule has 0 N–H and O–H groups in total. The maximum atomic E-state index is 13.2. The summed E-state index contributed by atoms with van der Waals surface area (Å²) in [7, 11) is 3.99. The van der Waals surface area contributed by atoms with Gasteiger partial charge < -0.3 is 14.7 Å². The first-order chi connectivity index (χ1) is 12.1. The maximum absolute atomic E-state index is 13.2. The Labute approximate surface area is 149 Å². The van der Waals surface area contributed by atoms with Crippen LogP contribution in [0.3, 0.4) is 0 Å². The number of nitrogens with zero attached hydrogens (tertiary/aromatic N) is 4. The lowest BCUT2D eigenvalue weighted by atomic mass is 9.98. The Morgan fingerprint density at radius 2 is 1.84 bits per heavy atom. The van der Waals surface area contributed by atoms with Crippen molar-refractivity contribution in [2.75, 3.05) is 45.2 Å². The number of rotatable bonds is 3. The van der Waals surface area contributed by atoms with Crippen molar-refractivity contribution in [3.63, 3.8) is 0 Å². The molecule has 1 aromatic carbocycles. The SMILES string of the molecule is CN(C)c1c(C(=O)N2CCC(N3CCC3)CC2)cnc2ccccc12. The zero-order valence-electron chi connectivity index (χ0n) is 15.1. The lowest BCUT2D eigenvalue weighted by Crippen LogP contribution is -2.51. The number of piperidine rings is 1. The summed E-state index contributed by atoms with van der Waals surface area (Å²) < 4.78 is 0. The Morgan fingerprint density at radius 1 is 1.12 bits per heavy atom. The van der Waals surface area contributed by atoms with Crippen LogP contribution in [0.15, 0.2) is 30.5 Å². The maximum Gasteiger partial charge on any atom is 0.257 e. The van der Waals surface area contributed by atoms with Gasteiger partial charge in [0.15, 0.2) is 0 Å². The summed E-state index contributed by atoms with van der Waals surface area (Å²) in [5, 5.41) is 1.04. The number of likely N-dealkylation sites (tertiary alicyclic amines) is 2. The van der Waals surface area contributed by atoms with Crippen LogP contribution in [-0.2, 0) is 0 Å². The van der Waals surface area contributed by atoms with Crippen LogP contribution in [0.1, 0.15) is 29.6 Å². The van der Waals surface area contributed by atoms with Gasteiger partial charge in [0, 0.05) is 44.8 Å². The fourth-order valence-electron chi connectivity index (χ4n) is 4.08. The second kappa shape index (κ2) is 6.64. The Bertz CT molecular complexity index is 776. The number of benzene rings is 1. The molecule has 132 valence electrons. The fraction of sp³-hybridized carbons (Fsp3) is 0.500. The van der Waals surface area contributed by atoms with Crippen molar-refractivity contribution in [3.05, 3.63) is 36.0 Å². The third-order valence-electron chi connectivity index (χ3n) is 5.58. The van der Waals surface area contributed by atoms with Crippen molar-refractivity contribution < 1.29 is 4.79 Å². The summed E-state index contributed by atoms with van der Waals surface area (Å²) in [5.74, 6) is 0.115. The molecule has 3 heterocycles. The second-order valence-corrected chi connectivity index (χ2v) is 7.34. The van der Waals surface area contributed by atoms with Crippen molar-refractivity contribution >= 4 is 22.5 Å². The molecule has 0 aliphatic carbocycles. The molecule has 0 bridgehead atoms. The average Bonchev–Trinajstić information content (AvgIpc) is 2.59. The molecule has 0 atom stereocenters. The van der Waals surface area contributed by atoms with E-state index in [4.69, 9.17) is 0 Å². The number of amides is 1. The molecule has 2 saturated heterocycles. The highest BCUT2D eigenvalue weighted by molar-refractivity contribution is 6.07. The number of fused-ring (bicyclic) bond motifs is 1. The number of carbonyl (C=O) groups is 1. The topological polar surface area (TPSA) is 39.7 Å². The number of pyridine rings is 1. The van der Waals surface area contributed by atoms with E-state index in [-0.39, 0.29) is 5.91 Å². The van der Waals surface area contributed by atoms with Gasteiger partial charge in [0.1, 0.15) is 0 Å². The number of anilines is 1. The molecule has 0 radical (unpaired) electrons. The summed E-state index contributed by atoms with van der Waals surface area (Å²) in [6, 6.07) is 8.70. The van der Waals surface area contributed by atoms with Crippen LogP contribution in [0.25, 0.3) is 10.9 Å². The van der Waals surface area contributed by atoms with Crippen LogP contribution in [0.5, 0.6) is 0 Å². The van der Waals surface area contributed by atoms with Crippen LogP contribution in [0, 0.1) is 0 Å². The van der Waals surface area contributed by atoms with E-state index in [1.54, 1.807) is 6.20 Å². The van der Waals surface area contributed by atoms with Crippen molar-refractivity contribution in [1.29, 1.82) is 0 Å². The van der Waals surface area contributed by atoms with Gasteiger partial charge >= 0.3 is 0 Å². The van der Waals surface area contributed by atoms with Gasteiger partial charge in [-0.05, 0) is 38.4 Å². The highest BCUT2D eigenvalue weighted by atomic mass is 16.2. The smallest absolute Gasteiger partial charge is 0.257 e. The van der Waals surface area contributed by atoms with Crippen molar-refractivity contribution in [2.24, 2.45) is 0 Å². The molecule has 1 aromatic heterocycles. The quantitative estimate of drug-likeness (QED) is 0.862. The van der Waals surface area contributed by atoms with Crippen LogP contribution >= 0.6 is 0 Å². The standard InChI is InChI=1S/C20H26N4O/c1-22(2)19-16-6-3-4-7-18(16)21-14-17(19)20(25)24-12-8-15(9-13-24)23-10-5-11-23/h3-4,6-7,14-15H,5,8-13H2,1-2H3. The van der Waals surface area contributed by atoms with Gasteiger partial charge in [-0.25, -0.2) is 0 Å². The fourth-order valence-corrected chi connectivity index (χ4v) is 4.08. The zero-order valence-corrected chi connectivity index (χ0v) is 15.1. The summed E-state index contributed by atoms with van der Waals surface area (Å²) in [6.45, 7) is 4.16. The predicted molar refractivity (Wildman–Crippen MR) is 101 cm³/mol. The first kappa shape index (κ1) is 16.3. The van der Waals surface area contributed by atoms with E-state index in [9.17, 15) is 4.79 Å². The Hall–Kier alpha value is -2.14. The van der Waals surface area contributed by atoms with Gasteiger partial charge in [0.2, 0.25) is 0 Å². The largest absolute Gasteiger partial charge is 0.376 e. The molecule has 0 unspecified atom stereocenters. The Balaban J connectivity index is 1.58. The molecule has 25 heavy (non-hydrogen) atoms. The highest BCUT2D eigenvalue weighted by Gasteiger charge is 2.31. The Morgan fingerprint density at radius 3 is 2.48 bits per heavy atom. The van der Waals surface area contributed by atoms with E-state index in [1.165, 1.54) is 19.5 Å². The van der Waals surface area contributed by atoms with E-state index < -0.39 is 0 Å². The second-order valence-electron chi connectivity index (χ2n) is 7.34. The summed E-state index contributed by atoms with van der Waals surface area (Å²) in [4.78, 5) is 24.3. The predicted octanol–water partition coefficient (Wildman–Crippen LogP) is 2.61. The molecule has 5 nitrogen and oxygen atoms in total. The van der Waals surface area contributed by atoms with E-state index in [2.05, 4.69) is 9.88 Å². The molecule has 0 spiro atoms. The van der Waals surface area contributed by atoms with Gasteiger partial charge in [-0.3, -0.25) is 9.78 Å². The molecule has 2 aromatic rings. The van der Waals surface area contributed by atoms with Crippen LogP contribution in [0.4, 0.5) is 5.69 Å². The minimum atomic E-state index is 0.115. The number of hydrogen-bond acceptors (Lipinski definition) is 4. The van der Waals surface area contributed by atoms with Crippen molar-refractivity contribution in [1.82, 2.24) is 14.8 Å². The molecular weight excluding hydrogens is 312 g/mol. The summed E-state index contributed by atoms with van der Waals surface area (Å²) in [5.41, 5.74) is 2.62. The molecule has 2 fully saturated rings. The molecule has 2 aliphatic heterocycles. The molecule has 5 heteroatoms. The Kier molecular flexibility index (Phi) is 4.34. The molecule has 0 saturated carbocycles. The molecule has 2 aliphatic rings. The normalized spacial score (nSPS) is 19.0. The average molecular weight is 338 g/mol. The van der Waals surface area contributed by atoms with Gasteiger partial charge in [-0.1, -0.05) is 18.2 Å². The third kappa shape index (κ3) is 2.97. The summed E-state index contributed by atoms with van der Waals surface area (Å²) >= 11 is 0. The third-order valence-corrected chi connectivity index (χ3v) is 5.58. The monoisotopic (exact) mass is 338 g/mol. The van der Waals surface area contributed by atoms with Crippen LogP contribution < -0.4 is 4.90 Å². The van der Waals surface area contributed by atoms with E-state index in [0.717, 1.165) is 42.5 Å². The van der Waals surface area contributed by atoms with E-state index >= 15 is 0 Å². The minimum Gasteiger partial charge on any atom is -0.376 e. The van der Waals surface area contributed by atoms with Gasteiger partial charge in [-0.2, -0.15) is 0 Å². The lowest BCUT2D eigenvalue weighted by molar-refractivity contribution is 0.0489. The lowest BCUT2D eigenvalue weighted by Gasteiger charge is -2.43. The van der Waals surface area contributed by atoms with Gasteiger partial charge in [-0.15, -0.1) is 0 Å². The van der Waals surface area contributed by atoms with Crippen molar-refractivity contribution in [3.8, 4) is 0 Å². The number of aromatic nitrogens is 1. The van der Waals surface area contributed by atoms with Crippen molar-refractivity contribution in [2.45, 2.75) is 25.3 Å². The zero-order chi connectivity index (χ0) is 17.4. The first-order valence-corrected chi connectivity index (χ1v) is 9.23. The van der Waals surface area contributed by atoms with Gasteiger partial charge in [0.05, 0.1) is 16.8 Å². The number of carbonyl (C=O) groups excluding carboxylic acids is 1. The van der Waals surface area contributed by atoms with Gasteiger partial charge in [0.25, 0.3) is 5.91 Å². The summed E-state index contributed by atoms with van der Waals surface area (Å²) in [6.07, 6.45) is 5.25. The van der Waals surface area contributed by atoms with E-state index in [1.807, 2.05) is 48.2 Å². The number of para-hydroxylation sites is 1.